The number of aromatic nitrogens is 2. The Labute approximate surface area is 116 Å². The van der Waals surface area contributed by atoms with Gasteiger partial charge >= 0.3 is 11.7 Å². The van der Waals surface area contributed by atoms with E-state index in [9.17, 15) is 14.9 Å². The zero-order valence-corrected chi connectivity index (χ0v) is 11.7. The number of hydrogen-bond donors (Lipinski definition) is 2. The molecule has 1 unspecified atom stereocenters. The topological polar surface area (TPSA) is 110 Å². The summed E-state index contributed by atoms with van der Waals surface area (Å²) in [5.41, 5.74) is -0.0499. The first-order chi connectivity index (χ1) is 9.43. The molecular weight excluding hydrogens is 264 g/mol. The van der Waals surface area contributed by atoms with Crippen LogP contribution in [0, 0.1) is 16.0 Å². The number of nitro groups is 1. The van der Waals surface area contributed by atoms with Gasteiger partial charge in [-0.15, -0.1) is 5.10 Å². The van der Waals surface area contributed by atoms with E-state index >= 15 is 0 Å². The number of anilines is 1. The highest BCUT2D eigenvalue weighted by atomic mass is 16.6. The molecule has 0 aliphatic carbocycles. The highest BCUT2D eigenvalue weighted by Gasteiger charge is 2.18. The Hall–Kier alpha value is -2.12. The van der Waals surface area contributed by atoms with E-state index in [0.29, 0.717) is 18.9 Å². The van der Waals surface area contributed by atoms with Crippen LogP contribution in [-0.4, -0.2) is 32.3 Å². The van der Waals surface area contributed by atoms with Crippen LogP contribution in [0.1, 0.15) is 32.6 Å². The quantitative estimate of drug-likeness (QED) is 0.530. The molecule has 0 saturated carbocycles. The fourth-order valence-electron chi connectivity index (χ4n) is 2.01. The molecule has 0 amide bonds. The summed E-state index contributed by atoms with van der Waals surface area (Å²) in [6.45, 7) is 2.55. The molecule has 0 aromatic carbocycles. The van der Waals surface area contributed by atoms with Gasteiger partial charge in [0, 0.05) is 20.0 Å². The molecule has 1 aromatic heterocycles. The van der Waals surface area contributed by atoms with Crippen LogP contribution in [-0.2, 0) is 11.8 Å². The van der Waals surface area contributed by atoms with E-state index in [0.717, 1.165) is 12.8 Å². The molecule has 0 radical (unpaired) electrons. The van der Waals surface area contributed by atoms with Gasteiger partial charge < -0.3 is 10.4 Å². The lowest BCUT2D eigenvalue weighted by molar-refractivity contribution is -0.384. The van der Waals surface area contributed by atoms with Crippen LogP contribution in [0.15, 0.2) is 6.20 Å². The molecule has 20 heavy (non-hydrogen) atoms. The molecule has 1 atom stereocenters. The van der Waals surface area contributed by atoms with Crippen LogP contribution in [0.3, 0.4) is 0 Å². The minimum Gasteiger partial charge on any atom is -0.481 e. The molecule has 8 heteroatoms. The van der Waals surface area contributed by atoms with Crippen LogP contribution in [0.5, 0.6) is 0 Å². The summed E-state index contributed by atoms with van der Waals surface area (Å²) in [5.74, 6) is -0.247. The van der Waals surface area contributed by atoms with E-state index < -0.39 is 10.9 Å². The van der Waals surface area contributed by atoms with Gasteiger partial charge in [-0.05, 0) is 18.8 Å². The number of carbonyl (C=O) groups is 1. The molecule has 1 heterocycles. The molecule has 0 spiro atoms. The van der Waals surface area contributed by atoms with Crippen molar-refractivity contribution in [2.75, 3.05) is 11.9 Å². The van der Waals surface area contributed by atoms with Gasteiger partial charge in [-0.25, -0.2) is 0 Å². The molecule has 0 fully saturated rings. The average molecular weight is 284 g/mol. The Morgan fingerprint density at radius 1 is 1.60 bits per heavy atom. The zero-order chi connectivity index (χ0) is 15.1. The summed E-state index contributed by atoms with van der Waals surface area (Å²) in [7, 11) is 1.62. The van der Waals surface area contributed by atoms with E-state index in [-0.39, 0.29) is 17.9 Å². The number of rotatable bonds is 9. The lowest BCUT2D eigenvalue weighted by Gasteiger charge is -2.13. The van der Waals surface area contributed by atoms with E-state index in [1.165, 1.54) is 10.9 Å². The largest absolute Gasteiger partial charge is 0.481 e. The molecule has 2 N–H and O–H groups in total. The van der Waals surface area contributed by atoms with Crippen molar-refractivity contribution >= 4 is 17.5 Å². The fraction of sp³-hybridized carbons (Fsp3) is 0.667. The van der Waals surface area contributed by atoms with Gasteiger partial charge in [-0.3, -0.25) is 19.6 Å². The van der Waals surface area contributed by atoms with Crippen molar-refractivity contribution in [2.45, 2.75) is 32.6 Å². The van der Waals surface area contributed by atoms with E-state index in [1.807, 2.05) is 6.92 Å². The number of nitrogens with one attached hydrogen (secondary N) is 1. The van der Waals surface area contributed by atoms with Crippen molar-refractivity contribution in [3.05, 3.63) is 16.3 Å². The smallest absolute Gasteiger partial charge is 0.330 e. The number of carboxylic acids is 1. The second kappa shape index (κ2) is 7.46. The lowest BCUT2D eigenvalue weighted by atomic mass is 9.97. The van der Waals surface area contributed by atoms with Gasteiger partial charge in [-0.2, -0.15) is 0 Å². The minimum absolute atomic E-state index is 0.0499. The normalized spacial score (nSPS) is 12.1. The van der Waals surface area contributed by atoms with Gasteiger partial charge in [0.25, 0.3) is 0 Å². The predicted molar refractivity (Wildman–Crippen MR) is 73.6 cm³/mol. The molecule has 0 aliphatic rings. The molecule has 1 aromatic rings. The van der Waals surface area contributed by atoms with Crippen molar-refractivity contribution in [3.63, 3.8) is 0 Å². The molecule has 0 bridgehead atoms. The summed E-state index contributed by atoms with van der Waals surface area (Å²) < 4.78 is 1.39. The number of nitrogens with zero attached hydrogens (tertiary/aromatic N) is 3. The van der Waals surface area contributed by atoms with Gasteiger partial charge in [0.05, 0.1) is 4.92 Å². The van der Waals surface area contributed by atoms with Crippen molar-refractivity contribution in [2.24, 2.45) is 13.0 Å². The Kier molecular flexibility index (Phi) is 5.95. The van der Waals surface area contributed by atoms with Crippen LogP contribution in [0.4, 0.5) is 11.5 Å². The third kappa shape index (κ3) is 4.87. The predicted octanol–water partition coefficient (Wildman–Crippen LogP) is 2.02. The molecule has 112 valence electrons. The maximum Gasteiger partial charge on any atom is 0.330 e. The van der Waals surface area contributed by atoms with Crippen molar-refractivity contribution < 1.29 is 14.8 Å². The van der Waals surface area contributed by atoms with Crippen LogP contribution < -0.4 is 5.32 Å². The lowest BCUT2D eigenvalue weighted by Crippen LogP contribution is -2.11. The second-order valence-electron chi connectivity index (χ2n) is 4.72. The Morgan fingerprint density at radius 2 is 2.30 bits per heavy atom. The van der Waals surface area contributed by atoms with Crippen molar-refractivity contribution in [1.82, 2.24) is 9.78 Å². The molecular formula is C12H20N4O4. The Bertz CT molecular complexity index is 472. The maximum atomic E-state index is 10.8. The highest BCUT2D eigenvalue weighted by molar-refractivity contribution is 5.66. The molecule has 0 saturated heterocycles. The summed E-state index contributed by atoms with van der Waals surface area (Å²) in [4.78, 5) is 20.9. The van der Waals surface area contributed by atoms with Crippen LogP contribution >= 0.6 is 0 Å². The maximum absolute atomic E-state index is 10.8. The second-order valence-corrected chi connectivity index (χ2v) is 4.72. The third-order valence-corrected chi connectivity index (χ3v) is 3.20. The number of aliphatic carboxylic acids is 1. The monoisotopic (exact) mass is 284 g/mol. The van der Waals surface area contributed by atoms with Gasteiger partial charge in [0.1, 0.15) is 6.20 Å². The first kappa shape index (κ1) is 15.9. The number of aryl methyl sites for hydroxylation is 1. The zero-order valence-electron chi connectivity index (χ0n) is 11.7. The third-order valence-electron chi connectivity index (χ3n) is 3.20. The van der Waals surface area contributed by atoms with Crippen molar-refractivity contribution in [1.29, 1.82) is 0 Å². The van der Waals surface area contributed by atoms with Gasteiger partial charge in [0.15, 0.2) is 0 Å². The Balaban J connectivity index is 2.46. The average Bonchev–Trinajstić information content (AvgIpc) is 2.74. The summed E-state index contributed by atoms with van der Waals surface area (Å²) in [6.07, 6.45) is 3.78. The molecule has 1 rings (SSSR count). The number of hydrogen-bond acceptors (Lipinski definition) is 5. The van der Waals surface area contributed by atoms with E-state index in [1.54, 1.807) is 7.05 Å². The summed E-state index contributed by atoms with van der Waals surface area (Å²) >= 11 is 0. The molecule has 8 nitrogen and oxygen atoms in total. The summed E-state index contributed by atoms with van der Waals surface area (Å²) in [5, 5.41) is 26.4. The van der Waals surface area contributed by atoms with Crippen molar-refractivity contribution in [3.8, 4) is 0 Å². The summed E-state index contributed by atoms with van der Waals surface area (Å²) in [6, 6.07) is 0. The standard InChI is InChI=1S/C12H20N4O4/c1-3-9(4-5-11(17)18)6-7-13-12-10(16(19)20)8-15(2)14-12/h8-9H,3-7H2,1-2H3,(H,13,14)(H,17,18). The first-order valence-corrected chi connectivity index (χ1v) is 6.57. The fourth-order valence-corrected chi connectivity index (χ4v) is 2.01. The minimum atomic E-state index is -0.795. The van der Waals surface area contributed by atoms with Gasteiger partial charge in [-0.1, -0.05) is 13.3 Å². The van der Waals surface area contributed by atoms with Crippen LogP contribution in [0.2, 0.25) is 0 Å². The van der Waals surface area contributed by atoms with E-state index in [4.69, 9.17) is 5.11 Å². The SMILES string of the molecule is CCC(CCNc1nn(C)cc1[N+](=O)[O-])CCC(=O)O. The molecule has 0 aliphatic heterocycles. The van der Waals surface area contributed by atoms with Crippen LogP contribution in [0.25, 0.3) is 0 Å². The van der Waals surface area contributed by atoms with E-state index in [2.05, 4.69) is 10.4 Å². The Morgan fingerprint density at radius 3 is 2.85 bits per heavy atom. The first-order valence-electron chi connectivity index (χ1n) is 6.57. The number of carboxylic acid groups (broad SMARTS) is 1. The van der Waals surface area contributed by atoms with Gasteiger partial charge in [0.2, 0.25) is 5.82 Å². The highest BCUT2D eigenvalue weighted by Crippen LogP contribution is 2.22.